The van der Waals surface area contributed by atoms with Crippen LogP contribution in [0.4, 0.5) is 0 Å². The number of likely N-dealkylation sites (N-methyl/N-ethyl adjacent to an activating group) is 1. The topological polar surface area (TPSA) is 72.5 Å². The van der Waals surface area contributed by atoms with Crippen LogP contribution in [-0.2, 0) is 6.54 Å². The van der Waals surface area contributed by atoms with Crippen molar-refractivity contribution in [2.45, 2.75) is 6.54 Å². The molecular formula is C10H16N4O2. The molecule has 88 valence electrons. The van der Waals surface area contributed by atoms with Gasteiger partial charge in [0.05, 0.1) is 12.0 Å². The van der Waals surface area contributed by atoms with Crippen molar-refractivity contribution >= 4 is 5.97 Å². The van der Waals surface area contributed by atoms with E-state index < -0.39 is 5.97 Å². The van der Waals surface area contributed by atoms with Gasteiger partial charge in [0, 0.05) is 32.7 Å². The van der Waals surface area contributed by atoms with Gasteiger partial charge in [-0.25, -0.2) is 9.78 Å². The van der Waals surface area contributed by atoms with Crippen molar-refractivity contribution in [2.75, 3.05) is 33.2 Å². The van der Waals surface area contributed by atoms with Crippen LogP contribution in [0, 0.1) is 0 Å². The first-order chi connectivity index (χ1) is 7.66. The molecule has 1 saturated heterocycles. The minimum Gasteiger partial charge on any atom is -0.476 e. The molecule has 0 radical (unpaired) electrons. The lowest BCUT2D eigenvalue weighted by atomic mass is 10.2. The molecule has 0 aliphatic carbocycles. The highest BCUT2D eigenvalue weighted by atomic mass is 16.4. The number of piperazine rings is 1. The molecule has 0 amide bonds. The lowest BCUT2D eigenvalue weighted by molar-refractivity contribution is 0.0687. The second-order valence-corrected chi connectivity index (χ2v) is 4.11. The van der Waals surface area contributed by atoms with Crippen molar-refractivity contribution in [3.05, 3.63) is 17.7 Å². The van der Waals surface area contributed by atoms with Crippen LogP contribution in [0.1, 0.15) is 16.2 Å². The van der Waals surface area contributed by atoms with E-state index in [0.29, 0.717) is 12.2 Å². The molecule has 1 aliphatic heterocycles. The zero-order chi connectivity index (χ0) is 11.5. The number of nitrogens with zero attached hydrogens (tertiary/aromatic N) is 3. The highest BCUT2D eigenvalue weighted by molar-refractivity contribution is 5.86. The monoisotopic (exact) mass is 224 g/mol. The van der Waals surface area contributed by atoms with Crippen LogP contribution in [0.15, 0.2) is 6.33 Å². The number of hydrogen-bond acceptors (Lipinski definition) is 4. The summed E-state index contributed by atoms with van der Waals surface area (Å²) in [5.41, 5.74) is 0.830. The molecule has 6 nitrogen and oxygen atoms in total. The van der Waals surface area contributed by atoms with Crippen molar-refractivity contribution in [2.24, 2.45) is 0 Å². The van der Waals surface area contributed by atoms with Crippen LogP contribution in [0.2, 0.25) is 0 Å². The number of aromatic carboxylic acids is 1. The summed E-state index contributed by atoms with van der Waals surface area (Å²) in [5.74, 6) is -0.967. The number of carboxylic acids is 1. The molecule has 1 aromatic rings. The Labute approximate surface area is 93.9 Å². The Morgan fingerprint density at radius 2 is 2.19 bits per heavy atom. The molecule has 2 N–H and O–H groups in total. The third-order valence-corrected chi connectivity index (χ3v) is 2.90. The lowest BCUT2D eigenvalue weighted by Crippen LogP contribution is -2.44. The fourth-order valence-corrected chi connectivity index (χ4v) is 1.86. The summed E-state index contributed by atoms with van der Waals surface area (Å²) in [4.78, 5) is 22.1. The third kappa shape index (κ3) is 2.40. The van der Waals surface area contributed by atoms with Gasteiger partial charge in [0.15, 0.2) is 5.69 Å². The van der Waals surface area contributed by atoms with E-state index in [1.54, 1.807) is 0 Å². The largest absolute Gasteiger partial charge is 0.476 e. The average molecular weight is 224 g/mol. The molecule has 0 unspecified atom stereocenters. The molecule has 0 aromatic carbocycles. The highest BCUT2D eigenvalue weighted by Gasteiger charge is 2.18. The van der Waals surface area contributed by atoms with Gasteiger partial charge >= 0.3 is 5.97 Å². The first kappa shape index (κ1) is 11.1. The normalized spacial score (nSPS) is 18.8. The maximum atomic E-state index is 10.9. The summed E-state index contributed by atoms with van der Waals surface area (Å²) < 4.78 is 0. The summed E-state index contributed by atoms with van der Waals surface area (Å²) in [6.07, 6.45) is 1.44. The molecule has 0 saturated carbocycles. The van der Waals surface area contributed by atoms with Crippen molar-refractivity contribution < 1.29 is 9.90 Å². The Balaban J connectivity index is 1.98. The SMILES string of the molecule is CN1CCN(Cc2[nH]cnc2C(=O)O)CC1. The summed E-state index contributed by atoms with van der Waals surface area (Å²) >= 11 is 0. The van der Waals surface area contributed by atoms with E-state index in [1.165, 1.54) is 6.33 Å². The highest BCUT2D eigenvalue weighted by Crippen LogP contribution is 2.09. The van der Waals surface area contributed by atoms with Gasteiger partial charge in [-0.3, -0.25) is 4.90 Å². The number of aromatic amines is 1. The van der Waals surface area contributed by atoms with Crippen molar-refractivity contribution in [3.63, 3.8) is 0 Å². The Hall–Kier alpha value is -1.40. The average Bonchev–Trinajstić information content (AvgIpc) is 2.69. The van der Waals surface area contributed by atoms with E-state index >= 15 is 0 Å². The van der Waals surface area contributed by atoms with Gasteiger partial charge in [-0.15, -0.1) is 0 Å². The molecule has 1 aromatic heterocycles. The summed E-state index contributed by atoms with van der Waals surface area (Å²) in [7, 11) is 2.09. The van der Waals surface area contributed by atoms with Crippen LogP contribution in [0.5, 0.6) is 0 Å². The summed E-state index contributed by atoms with van der Waals surface area (Å²) in [6.45, 7) is 4.62. The van der Waals surface area contributed by atoms with Crippen LogP contribution in [0.3, 0.4) is 0 Å². The molecule has 2 rings (SSSR count). The van der Waals surface area contributed by atoms with E-state index in [9.17, 15) is 4.79 Å². The van der Waals surface area contributed by atoms with Crippen LogP contribution in [0.25, 0.3) is 0 Å². The fraction of sp³-hybridized carbons (Fsp3) is 0.600. The van der Waals surface area contributed by atoms with Gasteiger partial charge in [-0.2, -0.15) is 0 Å². The summed E-state index contributed by atoms with van der Waals surface area (Å²) in [6, 6.07) is 0. The number of imidazole rings is 1. The first-order valence-electron chi connectivity index (χ1n) is 5.33. The molecule has 1 fully saturated rings. The molecule has 0 atom stereocenters. The second kappa shape index (κ2) is 4.63. The lowest BCUT2D eigenvalue weighted by Gasteiger charge is -2.31. The minimum absolute atomic E-state index is 0.138. The maximum Gasteiger partial charge on any atom is 0.356 e. The third-order valence-electron chi connectivity index (χ3n) is 2.90. The van der Waals surface area contributed by atoms with Gasteiger partial charge < -0.3 is 15.0 Å². The minimum atomic E-state index is -0.967. The molecule has 6 heteroatoms. The molecule has 16 heavy (non-hydrogen) atoms. The number of hydrogen-bond donors (Lipinski definition) is 2. The van der Waals surface area contributed by atoms with Gasteiger partial charge in [-0.05, 0) is 7.05 Å². The van der Waals surface area contributed by atoms with Crippen molar-refractivity contribution in [3.8, 4) is 0 Å². The summed E-state index contributed by atoms with van der Waals surface area (Å²) in [5, 5.41) is 8.92. The Kier molecular flexibility index (Phi) is 3.21. The van der Waals surface area contributed by atoms with Crippen LogP contribution in [-0.4, -0.2) is 64.1 Å². The number of carbonyl (C=O) groups is 1. The van der Waals surface area contributed by atoms with Crippen molar-refractivity contribution in [1.29, 1.82) is 0 Å². The standard InChI is InChI=1S/C10H16N4O2/c1-13-2-4-14(5-3-13)6-8-9(10(15)16)12-7-11-8/h7H,2-6H2,1H3,(H,11,12)(H,15,16). The van der Waals surface area contributed by atoms with Crippen molar-refractivity contribution in [1.82, 2.24) is 19.8 Å². The number of carboxylic acid groups (broad SMARTS) is 1. The maximum absolute atomic E-state index is 10.9. The van der Waals surface area contributed by atoms with Gasteiger partial charge in [-0.1, -0.05) is 0 Å². The smallest absolute Gasteiger partial charge is 0.356 e. The molecule has 0 bridgehead atoms. The molecule has 1 aliphatic rings. The van der Waals surface area contributed by atoms with Crippen LogP contribution >= 0.6 is 0 Å². The predicted molar refractivity (Wildman–Crippen MR) is 58.3 cm³/mol. The zero-order valence-electron chi connectivity index (χ0n) is 9.31. The fourth-order valence-electron chi connectivity index (χ4n) is 1.86. The number of H-pyrrole nitrogens is 1. The van der Waals surface area contributed by atoms with Gasteiger partial charge in [0.25, 0.3) is 0 Å². The van der Waals surface area contributed by atoms with Gasteiger partial charge in [0.1, 0.15) is 0 Å². The first-order valence-corrected chi connectivity index (χ1v) is 5.33. The van der Waals surface area contributed by atoms with Gasteiger partial charge in [0.2, 0.25) is 0 Å². The van der Waals surface area contributed by atoms with E-state index in [1.807, 2.05) is 0 Å². The number of rotatable bonds is 3. The number of nitrogens with one attached hydrogen (secondary N) is 1. The molecule has 2 heterocycles. The quantitative estimate of drug-likeness (QED) is 0.747. The predicted octanol–water partition coefficient (Wildman–Crippen LogP) is -0.145. The second-order valence-electron chi connectivity index (χ2n) is 4.11. The molecular weight excluding hydrogens is 208 g/mol. The van der Waals surface area contributed by atoms with E-state index in [-0.39, 0.29) is 5.69 Å². The van der Waals surface area contributed by atoms with E-state index in [4.69, 9.17) is 5.11 Å². The zero-order valence-corrected chi connectivity index (χ0v) is 9.31. The Morgan fingerprint density at radius 1 is 1.50 bits per heavy atom. The van der Waals surface area contributed by atoms with E-state index in [2.05, 4.69) is 26.8 Å². The Morgan fingerprint density at radius 3 is 2.81 bits per heavy atom. The molecule has 0 spiro atoms. The Bertz CT molecular complexity index is 369. The number of aromatic nitrogens is 2. The van der Waals surface area contributed by atoms with Crippen LogP contribution < -0.4 is 0 Å². The van der Waals surface area contributed by atoms with E-state index in [0.717, 1.165) is 26.2 Å².